The Bertz CT molecular complexity index is 1710. The Hall–Kier alpha value is -3.72. The Kier molecular flexibility index (Phi) is 7.79. The summed E-state index contributed by atoms with van der Waals surface area (Å²) in [5.41, 5.74) is 5.39. The van der Waals surface area contributed by atoms with Crippen LogP contribution in [-0.2, 0) is 6.42 Å². The molecule has 1 amide bonds. The lowest BCUT2D eigenvalue weighted by molar-refractivity contribution is 0.0687. The highest BCUT2D eigenvalue weighted by molar-refractivity contribution is 7.17. The highest BCUT2D eigenvalue weighted by Gasteiger charge is 2.36. The number of hydrogen-bond acceptors (Lipinski definition) is 5. The third-order valence-electron chi connectivity index (χ3n) is 8.53. The summed E-state index contributed by atoms with van der Waals surface area (Å²) in [5, 5.41) is 10.8. The number of carbonyl (C=O) groups is 1. The van der Waals surface area contributed by atoms with E-state index in [2.05, 4.69) is 47.3 Å². The van der Waals surface area contributed by atoms with Crippen molar-refractivity contribution >= 4 is 40.7 Å². The third kappa shape index (κ3) is 5.19. The van der Waals surface area contributed by atoms with Crippen molar-refractivity contribution in [3.8, 4) is 16.2 Å². The van der Waals surface area contributed by atoms with Gasteiger partial charge in [-0.05, 0) is 98.4 Å². The van der Waals surface area contributed by atoms with E-state index in [1.807, 2.05) is 24.3 Å². The zero-order valence-electron chi connectivity index (χ0n) is 23.2. The molecule has 2 aromatic heterocycles. The Morgan fingerprint density at radius 1 is 1.02 bits per heavy atom. The molecule has 42 heavy (non-hydrogen) atoms. The van der Waals surface area contributed by atoms with Crippen molar-refractivity contribution in [2.24, 2.45) is 0 Å². The molecule has 1 saturated heterocycles. The minimum absolute atomic E-state index is 0. The van der Waals surface area contributed by atoms with E-state index >= 15 is 0 Å². The first-order valence-corrected chi connectivity index (χ1v) is 14.9. The minimum Gasteiger partial charge on any atom is -0.508 e. The van der Waals surface area contributed by atoms with Crippen LogP contribution in [-0.4, -0.2) is 57.5 Å². The second kappa shape index (κ2) is 11.5. The second-order valence-electron chi connectivity index (χ2n) is 11.2. The lowest BCUT2D eigenvalue weighted by atomic mass is 9.89. The van der Waals surface area contributed by atoms with Crippen LogP contribution in [0, 0.1) is 5.82 Å². The van der Waals surface area contributed by atoms with E-state index in [-0.39, 0.29) is 24.1 Å². The number of phenols is 1. The number of aromatic nitrogens is 2. The number of H-pyrrole nitrogens is 1. The van der Waals surface area contributed by atoms with Gasteiger partial charge < -0.3 is 19.9 Å². The van der Waals surface area contributed by atoms with E-state index in [1.165, 1.54) is 47.9 Å². The molecule has 9 heteroatoms. The van der Waals surface area contributed by atoms with Gasteiger partial charge in [0.15, 0.2) is 0 Å². The fourth-order valence-corrected chi connectivity index (χ4v) is 7.40. The minimum atomic E-state index is -0.766. The summed E-state index contributed by atoms with van der Waals surface area (Å²) in [4.78, 5) is 28.0. The van der Waals surface area contributed by atoms with Gasteiger partial charge in [-0.1, -0.05) is 36.4 Å². The van der Waals surface area contributed by atoms with Crippen molar-refractivity contribution in [2.75, 3.05) is 26.7 Å². The number of thiophene rings is 1. The number of nitrogens with one attached hydrogen (secondary N) is 1. The molecule has 3 aromatic carbocycles. The number of benzene rings is 3. The summed E-state index contributed by atoms with van der Waals surface area (Å²) in [6.07, 6.45) is 3.03. The summed E-state index contributed by atoms with van der Waals surface area (Å²) in [6.45, 7) is 2.69. The van der Waals surface area contributed by atoms with Crippen molar-refractivity contribution in [2.45, 2.75) is 31.2 Å². The van der Waals surface area contributed by atoms with Gasteiger partial charge in [-0.2, -0.15) is 0 Å². The van der Waals surface area contributed by atoms with E-state index in [0.29, 0.717) is 35.1 Å². The van der Waals surface area contributed by atoms with Gasteiger partial charge >= 0.3 is 0 Å². The second-order valence-corrected chi connectivity index (χ2v) is 12.2. The monoisotopic (exact) mass is 602 g/mol. The van der Waals surface area contributed by atoms with E-state index < -0.39 is 11.9 Å². The molecule has 1 unspecified atom stereocenters. The summed E-state index contributed by atoms with van der Waals surface area (Å²) in [5.74, 6) is 0.393. The molecule has 6 nitrogen and oxygen atoms in total. The number of para-hydroxylation sites is 2. The topological polar surface area (TPSA) is 72.5 Å². The fraction of sp³-hybridized carbons (Fsp3) is 0.273. The molecule has 1 fully saturated rings. The smallest absolute Gasteiger partial charge is 0.265 e. The highest BCUT2D eigenvalue weighted by Crippen LogP contribution is 2.41. The summed E-state index contributed by atoms with van der Waals surface area (Å²) >= 11 is 1.50. The van der Waals surface area contributed by atoms with E-state index in [0.717, 1.165) is 40.1 Å². The van der Waals surface area contributed by atoms with Crippen LogP contribution in [0.2, 0.25) is 0 Å². The average molecular weight is 603 g/mol. The number of likely N-dealkylation sites (tertiary alicyclic amines) is 1. The zero-order chi connectivity index (χ0) is 28.1. The maximum Gasteiger partial charge on any atom is 0.265 e. The van der Waals surface area contributed by atoms with Gasteiger partial charge in [0.2, 0.25) is 0 Å². The molecular formula is C33H32ClFN4O2S. The predicted octanol–water partition coefficient (Wildman–Crippen LogP) is 7.16. The van der Waals surface area contributed by atoms with Gasteiger partial charge in [0.25, 0.3) is 5.91 Å². The first-order valence-electron chi connectivity index (χ1n) is 14.1. The Morgan fingerprint density at radius 3 is 2.55 bits per heavy atom. The number of carbonyl (C=O) groups excluding carboxylic acids is 1. The molecule has 2 N–H and O–H groups in total. The van der Waals surface area contributed by atoms with E-state index in [9.17, 15) is 14.3 Å². The molecule has 0 radical (unpaired) electrons. The molecule has 2 aliphatic heterocycles. The lowest BCUT2D eigenvalue weighted by Crippen LogP contribution is -2.40. The van der Waals surface area contributed by atoms with Crippen LogP contribution >= 0.6 is 23.7 Å². The first kappa shape index (κ1) is 28.4. The molecular weight excluding hydrogens is 571 g/mol. The molecule has 2 aliphatic rings. The van der Waals surface area contributed by atoms with Crippen LogP contribution in [0.15, 0.2) is 72.8 Å². The van der Waals surface area contributed by atoms with Crippen LogP contribution in [0.25, 0.3) is 21.5 Å². The molecule has 216 valence electrons. The molecule has 7 rings (SSSR count). The molecule has 1 atom stereocenters. The van der Waals surface area contributed by atoms with Gasteiger partial charge in [0.1, 0.15) is 23.4 Å². The molecule has 0 spiro atoms. The Balaban J connectivity index is 0.00000316. The number of imidazole rings is 1. The molecule has 0 aliphatic carbocycles. The zero-order valence-corrected chi connectivity index (χ0v) is 24.9. The van der Waals surface area contributed by atoms with Crippen molar-refractivity contribution < 1.29 is 14.3 Å². The summed E-state index contributed by atoms with van der Waals surface area (Å²) in [6, 6.07) is 21.6. The van der Waals surface area contributed by atoms with Crippen LogP contribution in [0.4, 0.5) is 4.39 Å². The van der Waals surface area contributed by atoms with Crippen molar-refractivity contribution in [1.82, 2.24) is 19.8 Å². The van der Waals surface area contributed by atoms with E-state index in [4.69, 9.17) is 4.98 Å². The number of amides is 1. The number of hydrogen-bond donors (Lipinski definition) is 2. The Morgan fingerprint density at radius 2 is 1.79 bits per heavy atom. The summed E-state index contributed by atoms with van der Waals surface area (Å²) in [7, 11) is 2.18. The van der Waals surface area contributed by atoms with Crippen LogP contribution in [0.5, 0.6) is 5.75 Å². The van der Waals surface area contributed by atoms with Crippen molar-refractivity contribution in [3.63, 3.8) is 0 Å². The SMILES string of the molecule is CN1CCC(c2ccc(-c3cc4c(s3)C(=O)N(C(c3nc5ccccc5[nH]3)c3cc(F)ccc3O)CC4)cc2)CC1.Cl. The quantitative estimate of drug-likeness (QED) is 0.224. The van der Waals surface area contributed by atoms with Gasteiger partial charge in [-0.25, -0.2) is 9.37 Å². The number of phenolic OH excluding ortho intramolecular Hbond substituents is 1. The number of halogens is 2. The predicted molar refractivity (Wildman–Crippen MR) is 167 cm³/mol. The van der Waals surface area contributed by atoms with Crippen LogP contribution < -0.4 is 0 Å². The fourth-order valence-electron chi connectivity index (χ4n) is 6.23. The average Bonchev–Trinajstić information content (AvgIpc) is 3.62. The van der Waals surface area contributed by atoms with Crippen LogP contribution in [0.3, 0.4) is 0 Å². The number of nitrogens with zero attached hydrogens (tertiary/aromatic N) is 3. The number of piperidine rings is 1. The molecule has 5 aromatic rings. The van der Waals surface area contributed by atoms with Crippen molar-refractivity contribution in [1.29, 1.82) is 0 Å². The van der Waals surface area contributed by atoms with Crippen LogP contribution in [0.1, 0.15) is 57.0 Å². The first-order chi connectivity index (χ1) is 19.9. The number of aromatic hydroxyl groups is 1. The molecule has 0 bridgehead atoms. The third-order valence-corrected chi connectivity index (χ3v) is 9.75. The Labute approximate surface area is 254 Å². The molecule has 0 saturated carbocycles. The van der Waals surface area contributed by atoms with Gasteiger partial charge in [-0.3, -0.25) is 4.79 Å². The molecule has 4 heterocycles. The largest absolute Gasteiger partial charge is 0.508 e. The number of rotatable bonds is 5. The normalized spacial score (nSPS) is 16.8. The lowest BCUT2D eigenvalue weighted by Gasteiger charge is -2.34. The number of aromatic amines is 1. The number of fused-ring (bicyclic) bond motifs is 2. The van der Waals surface area contributed by atoms with Gasteiger partial charge in [-0.15, -0.1) is 23.7 Å². The van der Waals surface area contributed by atoms with E-state index in [1.54, 1.807) is 4.90 Å². The van der Waals surface area contributed by atoms with Gasteiger partial charge in [0, 0.05) is 17.0 Å². The highest BCUT2D eigenvalue weighted by atomic mass is 35.5. The van der Waals surface area contributed by atoms with Gasteiger partial charge in [0.05, 0.1) is 15.9 Å². The maximum absolute atomic E-state index is 14.4. The standard InChI is InChI=1S/C33H31FN4O2S.ClH/c1-37-15-12-21(13-16-37)20-6-8-22(9-7-20)29-18-23-14-17-38(33(40)31(23)41-29)30(25-19-24(34)10-11-28(25)39)32-35-26-4-2-3-5-27(26)36-32;/h2-11,18-19,21,30,39H,12-17H2,1H3,(H,35,36);1H. The maximum atomic E-state index is 14.4. The summed E-state index contributed by atoms with van der Waals surface area (Å²) < 4.78 is 14.4. The van der Waals surface area contributed by atoms with Crippen molar-refractivity contribution in [3.05, 3.63) is 106 Å².